The molecule has 0 unspecified atom stereocenters. The molecule has 0 bridgehead atoms. The lowest BCUT2D eigenvalue weighted by molar-refractivity contribution is 0.0977. The number of anilines is 1. The Kier molecular flexibility index (Phi) is 6.34. The second-order valence-corrected chi connectivity index (χ2v) is 6.80. The van der Waals surface area contributed by atoms with Gasteiger partial charge in [0.25, 0.3) is 5.91 Å². The summed E-state index contributed by atoms with van der Waals surface area (Å²) in [7, 11) is 0. The number of para-hydroxylation sites is 2. The molecule has 0 spiro atoms. The highest BCUT2D eigenvalue weighted by atomic mass is 79.9. The predicted octanol–water partition coefficient (Wildman–Crippen LogP) is 4.67. The lowest BCUT2D eigenvalue weighted by Crippen LogP contribution is -2.34. The molecule has 126 valence electrons. The first-order valence-corrected chi connectivity index (χ1v) is 8.71. The lowest BCUT2D eigenvalue weighted by atomic mass is 10.1. The largest absolute Gasteiger partial charge is 0.489 e. The summed E-state index contributed by atoms with van der Waals surface area (Å²) < 4.78 is 6.60. The quantitative estimate of drug-likeness (QED) is 0.724. The Bertz CT molecular complexity index is 762. The van der Waals surface area contributed by atoms with Gasteiger partial charge in [0.1, 0.15) is 5.75 Å². The van der Waals surface area contributed by atoms with Crippen LogP contribution in [0.4, 0.5) is 5.69 Å². The van der Waals surface area contributed by atoms with E-state index in [1.54, 1.807) is 12.1 Å². The minimum atomic E-state index is -0.268. The van der Waals surface area contributed by atoms with E-state index in [1.807, 2.05) is 51.1 Å². The molecule has 2 rings (SSSR count). The first kappa shape index (κ1) is 18.4. The van der Waals surface area contributed by atoms with Crippen molar-refractivity contribution in [3.63, 3.8) is 0 Å². The molecule has 6 heteroatoms. The number of thiocarbonyl (C=S) groups is 1. The van der Waals surface area contributed by atoms with Gasteiger partial charge in [-0.1, -0.05) is 34.1 Å². The Labute approximate surface area is 155 Å². The maximum Gasteiger partial charge on any atom is 0.257 e. The van der Waals surface area contributed by atoms with Gasteiger partial charge >= 0.3 is 0 Å². The zero-order valence-electron chi connectivity index (χ0n) is 13.7. The minimum Gasteiger partial charge on any atom is -0.489 e. The number of aryl methyl sites for hydroxylation is 1. The van der Waals surface area contributed by atoms with Crippen LogP contribution in [-0.2, 0) is 0 Å². The second-order valence-electron chi connectivity index (χ2n) is 5.53. The number of carbonyl (C=O) groups excluding carboxylic acids is 1. The van der Waals surface area contributed by atoms with E-state index in [0.29, 0.717) is 17.0 Å². The standard InChI is InChI=1S/C18H19BrN2O2S/c1-11(2)23-16-7-5-4-6-15(16)20-18(24)21-17(22)13-9-8-12(3)14(19)10-13/h4-11H,1-3H3,(H2,20,21,22,24). The van der Waals surface area contributed by atoms with Gasteiger partial charge in [-0.15, -0.1) is 0 Å². The van der Waals surface area contributed by atoms with Crippen LogP contribution < -0.4 is 15.4 Å². The number of hydrogen-bond donors (Lipinski definition) is 2. The molecule has 2 N–H and O–H groups in total. The predicted molar refractivity (Wildman–Crippen MR) is 105 cm³/mol. The van der Waals surface area contributed by atoms with Gasteiger partial charge in [-0.2, -0.15) is 0 Å². The Balaban J connectivity index is 2.05. The third-order valence-corrected chi connectivity index (χ3v) is 4.22. The van der Waals surface area contributed by atoms with Crippen molar-refractivity contribution in [2.24, 2.45) is 0 Å². The third-order valence-electron chi connectivity index (χ3n) is 3.16. The topological polar surface area (TPSA) is 50.4 Å². The average Bonchev–Trinajstić information content (AvgIpc) is 2.51. The Morgan fingerprint density at radius 3 is 2.58 bits per heavy atom. The lowest BCUT2D eigenvalue weighted by Gasteiger charge is -2.16. The highest BCUT2D eigenvalue weighted by molar-refractivity contribution is 9.10. The molecule has 0 saturated heterocycles. The highest BCUT2D eigenvalue weighted by Gasteiger charge is 2.11. The monoisotopic (exact) mass is 406 g/mol. The molecule has 2 aromatic rings. The summed E-state index contributed by atoms with van der Waals surface area (Å²) in [5.74, 6) is 0.414. The number of hydrogen-bond acceptors (Lipinski definition) is 3. The van der Waals surface area contributed by atoms with E-state index in [-0.39, 0.29) is 17.1 Å². The molecule has 0 saturated carbocycles. The van der Waals surface area contributed by atoms with Crippen molar-refractivity contribution in [2.45, 2.75) is 26.9 Å². The summed E-state index contributed by atoms with van der Waals surface area (Å²) >= 11 is 8.66. The number of ether oxygens (including phenoxy) is 1. The van der Waals surface area contributed by atoms with E-state index < -0.39 is 0 Å². The zero-order valence-corrected chi connectivity index (χ0v) is 16.1. The van der Waals surface area contributed by atoms with Gasteiger partial charge in [-0.25, -0.2) is 0 Å². The van der Waals surface area contributed by atoms with Crippen molar-refractivity contribution >= 4 is 44.9 Å². The first-order chi connectivity index (χ1) is 11.4. The third kappa shape index (κ3) is 5.04. The molecule has 0 radical (unpaired) electrons. The van der Waals surface area contributed by atoms with Crippen molar-refractivity contribution in [1.82, 2.24) is 5.32 Å². The minimum absolute atomic E-state index is 0.0426. The fraction of sp³-hybridized carbons (Fsp3) is 0.222. The second kappa shape index (κ2) is 8.26. The molecule has 0 aromatic heterocycles. The van der Waals surface area contributed by atoms with E-state index in [1.165, 1.54) is 0 Å². The number of amides is 1. The first-order valence-electron chi connectivity index (χ1n) is 7.51. The number of rotatable bonds is 4. The van der Waals surface area contributed by atoms with E-state index in [2.05, 4.69) is 26.6 Å². The van der Waals surface area contributed by atoms with Gasteiger partial charge in [-0.3, -0.25) is 10.1 Å². The van der Waals surface area contributed by atoms with Gasteiger partial charge in [0.05, 0.1) is 11.8 Å². The normalized spacial score (nSPS) is 10.4. The maximum absolute atomic E-state index is 12.3. The molecule has 2 aromatic carbocycles. The maximum atomic E-state index is 12.3. The molecule has 0 heterocycles. The van der Waals surface area contributed by atoms with Crippen LogP contribution in [0, 0.1) is 6.92 Å². The van der Waals surface area contributed by atoms with Crippen LogP contribution in [0.1, 0.15) is 29.8 Å². The smallest absolute Gasteiger partial charge is 0.257 e. The van der Waals surface area contributed by atoms with E-state index in [0.717, 1.165) is 10.0 Å². The van der Waals surface area contributed by atoms with Crippen LogP contribution in [0.15, 0.2) is 46.9 Å². The van der Waals surface area contributed by atoms with Crippen LogP contribution in [0.3, 0.4) is 0 Å². The van der Waals surface area contributed by atoms with Crippen molar-refractivity contribution < 1.29 is 9.53 Å². The highest BCUT2D eigenvalue weighted by Crippen LogP contribution is 2.24. The molecule has 0 aliphatic heterocycles. The van der Waals surface area contributed by atoms with Crippen molar-refractivity contribution in [3.8, 4) is 5.75 Å². The summed E-state index contributed by atoms with van der Waals surface area (Å²) in [6.07, 6.45) is 0.0426. The van der Waals surface area contributed by atoms with Crippen LogP contribution in [0.2, 0.25) is 0 Å². The number of nitrogens with one attached hydrogen (secondary N) is 2. The Hall–Kier alpha value is -1.92. The van der Waals surface area contributed by atoms with Gasteiger partial charge in [0.2, 0.25) is 0 Å². The molecule has 0 aliphatic rings. The molecule has 24 heavy (non-hydrogen) atoms. The van der Waals surface area contributed by atoms with E-state index >= 15 is 0 Å². The molecule has 0 atom stereocenters. The molecule has 0 aliphatic carbocycles. The van der Waals surface area contributed by atoms with Gasteiger partial charge in [0, 0.05) is 10.0 Å². The van der Waals surface area contributed by atoms with Gasteiger partial charge in [-0.05, 0) is 62.8 Å². The summed E-state index contributed by atoms with van der Waals surface area (Å²) in [6, 6.07) is 12.9. The fourth-order valence-electron chi connectivity index (χ4n) is 1.99. The number of halogens is 1. The summed E-state index contributed by atoms with van der Waals surface area (Å²) in [5, 5.41) is 5.90. The van der Waals surface area contributed by atoms with Crippen LogP contribution in [-0.4, -0.2) is 17.1 Å². The summed E-state index contributed by atoms with van der Waals surface area (Å²) in [6.45, 7) is 5.86. The van der Waals surface area contributed by atoms with Crippen molar-refractivity contribution in [2.75, 3.05) is 5.32 Å². The number of carbonyl (C=O) groups is 1. The fourth-order valence-corrected chi connectivity index (χ4v) is 2.57. The van der Waals surface area contributed by atoms with Crippen LogP contribution >= 0.6 is 28.1 Å². The average molecular weight is 407 g/mol. The van der Waals surface area contributed by atoms with Gasteiger partial charge < -0.3 is 10.1 Å². The molecular formula is C18H19BrN2O2S. The van der Waals surface area contributed by atoms with Gasteiger partial charge in [0.15, 0.2) is 5.11 Å². The SMILES string of the molecule is Cc1ccc(C(=O)NC(=S)Nc2ccccc2OC(C)C)cc1Br. The summed E-state index contributed by atoms with van der Waals surface area (Å²) in [5.41, 5.74) is 2.30. The Morgan fingerprint density at radius 2 is 1.92 bits per heavy atom. The summed E-state index contributed by atoms with van der Waals surface area (Å²) in [4.78, 5) is 12.3. The van der Waals surface area contributed by atoms with E-state index in [4.69, 9.17) is 17.0 Å². The zero-order chi connectivity index (χ0) is 17.7. The molecule has 4 nitrogen and oxygen atoms in total. The van der Waals surface area contributed by atoms with Crippen molar-refractivity contribution in [1.29, 1.82) is 0 Å². The van der Waals surface area contributed by atoms with Crippen LogP contribution in [0.5, 0.6) is 5.75 Å². The number of benzene rings is 2. The Morgan fingerprint density at radius 1 is 1.21 bits per heavy atom. The molecule has 1 amide bonds. The molecule has 0 fully saturated rings. The molecular weight excluding hydrogens is 388 g/mol. The van der Waals surface area contributed by atoms with Crippen molar-refractivity contribution in [3.05, 3.63) is 58.1 Å². The van der Waals surface area contributed by atoms with Crippen LogP contribution in [0.25, 0.3) is 0 Å². The van der Waals surface area contributed by atoms with E-state index in [9.17, 15) is 4.79 Å².